The molecule has 5 aliphatic heterocycles. The van der Waals surface area contributed by atoms with Crippen molar-refractivity contribution in [3.05, 3.63) is 0 Å². The van der Waals surface area contributed by atoms with E-state index < -0.39 is 177 Å². The fourth-order valence-electron chi connectivity index (χ4n) is 17.9. The molecule has 78 heavy (non-hydrogen) atoms. The summed E-state index contributed by atoms with van der Waals surface area (Å²) in [6.45, 7) is 12.3. The van der Waals surface area contributed by atoms with Gasteiger partial charge in [-0.25, -0.2) is 0 Å². The first-order valence-electron chi connectivity index (χ1n) is 28.2. The first-order chi connectivity index (χ1) is 36.6. The van der Waals surface area contributed by atoms with Gasteiger partial charge in [0.2, 0.25) is 0 Å². The Morgan fingerprint density at radius 2 is 1.18 bits per heavy atom. The SMILES string of the molecule is CC(=O)O[C@H]1CC(C)(C)CC2[C@]13CO[C@@]21CCC2[C@@]4(C)CC[C@H](O[C@@H]5OC[C@H](O[C@@H]6O[C@H](CO)[C@@H](O)[C@H](O)[C@H]6O[C@@H]6OC[C@@H](O)[C@H](O)[C@H]6O)[C@H](O)[C@H]5O[C@@H]5O[C@H](CO)[C@@H](O)[C@H](O)[C@H]5O)[C@@](C)(CO)C4CC[C@@]2(C)[C@]1(C)C[C@H]3O. The smallest absolute Gasteiger partial charge is 0.302 e. The van der Waals surface area contributed by atoms with Crippen molar-refractivity contribution in [2.24, 2.45) is 50.2 Å². The van der Waals surface area contributed by atoms with Gasteiger partial charge in [0.05, 0.1) is 62.9 Å². The molecule has 2 bridgehead atoms. The van der Waals surface area contributed by atoms with Crippen LogP contribution < -0.4 is 0 Å². The third-order valence-corrected chi connectivity index (χ3v) is 22.3. The maximum Gasteiger partial charge on any atom is 0.302 e. The quantitative estimate of drug-likeness (QED) is 0.0706. The molecule has 24 heteroatoms. The minimum atomic E-state index is -1.93. The number of aliphatic hydroxyl groups excluding tert-OH is 13. The lowest BCUT2D eigenvalue weighted by molar-refractivity contribution is -0.393. The van der Waals surface area contributed by atoms with Crippen molar-refractivity contribution in [2.75, 3.05) is 39.6 Å². The lowest BCUT2D eigenvalue weighted by atomic mass is 9.30. The molecular formula is C54H88O24. The van der Waals surface area contributed by atoms with Gasteiger partial charge < -0.3 is 114 Å². The van der Waals surface area contributed by atoms with E-state index in [2.05, 4.69) is 34.6 Å². The summed E-state index contributed by atoms with van der Waals surface area (Å²) in [4.78, 5) is 12.6. The Morgan fingerprint density at radius 3 is 1.85 bits per heavy atom. The molecule has 10 rings (SSSR count). The monoisotopic (exact) mass is 1120 g/mol. The second-order valence-electron chi connectivity index (χ2n) is 26.7. The van der Waals surface area contributed by atoms with Crippen LogP contribution in [0.25, 0.3) is 0 Å². The number of ether oxygens (including phenoxy) is 10. The van der Waals surface area contributed by atoms with Crippen LogP contribution >= 0.6 is 0 Å². The Morgan fingerprint density at radius 1 is 0.564 bits per heavy atom. The summed E-state index contributed by atoms with van der Waals surface area (Å²) < 4.78 is 61.9. The second-order valence-corrected chi connectivity index (χ2v) is 26.7. The Kier molecular flexibility index (Phi) is 16.3. The number of fused-ring (bicyclic) bond motifs is 4. The molecule has 1 spiro atoms. The summed E-state index contributed by atoms with van der Waals surface area (Å²) in [5, 5.41) is 143. The zero-order chi connectivity index (χ0) is 56.6. The maximum absolute atomic E-state index is 12.6. The van der Waals surface area contributed by atoms with Crippen molar-refractivity contribution in [1.29, 1.82) is 0 Å². The zero-order valence-corrected chi connectivity index (χ0v) is 45.8. The van der Waals surface area contributed by atoms with Gasteiger partial charge in [0, 0.05) is 23.7 Å². The largest absolute Gasteiger partial charge is 0.462 e. The summed E-state index contributed by atoms with van der Waals surface area (Å²) in [5.41, 5.74) is -3.60. The van der Waals surface area contributed by atoms with E-state index in [4.69, 9.17) is 47.4 Å². The number of esters is 1. The van der Waals surface area contributed by atoms with E-state index in [0.29, 0.717) is 38.7 Å². The van der Waals surface area contributed by atoms with E-state index in [1.807, 2.05) is 6.92 Å². The first-order valence-corrected chi connectivity index (χ1v) is 28.2. The van der Waals surface area contributed by atoms with Gasteiger partial charge in [-0.2, -0.15) is 0 Å². The van der Waals surface area contributed by atoms with Crippen molar-refractivity contribution in [3.8, 4) is 0 Å². The molecule has 0 radical (unpaired) electrons. The molecule has 0 amide bonds. The maximum atomic E-state index is 12.6. The van der Waals surface area contributed by atoms with Crippen molar-refractivity contribution in [1.82, 2.24) is 0 Å². The third kappa shape index (κ3) is 9.02. The highest BCUT2D eigenvalue weighted by molar-refractivity contribution is 5.66. The van der Waals surface area contributed by atoms with Gasteiger partial charge in [0.1, 0.15) is 91.6 Å². The molecule has 30 atom stereocenters. The fraction of sp³-hybridized carbons (Fsp3) is 0.981. The van der Waals surface area contributed by atoms with E-state index in [-0.39, 0.29) is 46.6 Å². The van der Waals surface area contributed by atoms with Crippen LogP contribution in [0.4, 0.5) is 0 Å². The normalized spacial score (nSPS) is 56.7. The average Bonchev–Trinajstić information content (AvgIpc) is 3.85. The van der Waals surface area contributed by atoms with Gasteiger partial charge in [-0.05, 0) is 85.9 Å². The van der Waals surface area contributed by atoms with Crippen LogP contribution in [0.5, 0.6) is 0 Å². The van der Waals surface area contributed by atoms with Gasteiger partial charge >= 0.3 is 5.97 Å². The molecule has 448 valence electrons. The van der Waals surface area contributed by atoms with Crippen molar-refractivity contribution in [2.45, 2.75) is 241 Å². The molecule has 5 aliphatic carbocycles. The molecule has 0 aromatic carbocycles. The number of rotatable bonds is 12. The standard InChI is InChI=1S/C54H88O24/c1-23(58)72-33-16-48(2,3)14-30-53(33)22-71-54(30)13-9-29-49(4)11-10-32(50(5,21-57)28(49)8-12-51(29,6)52(54,7)15-31(53)60)76-46-42(78-45-41(68)38(65)35(62)25(17-55)73-45)37(64)27(20-70-46)75-47-43(39(66)36(63)26(18-56)74-47)77-44-40(67)34(61)24(59)19-69-44/h24-47,55-57,59-68H,8-22H2,1-7H3/t24-,25-,26-,27+,28?,29?,30?,31-,32+,33+,34+,35-,36-,37+,38+,39+,40-,41-,42-,43-,44+,45+,46+,47+,49+,50+,51-,52+,53+,54+/m1/s1. The third-order valence-electron chi connectivity index (χ3n) is 22.3. The highest BCUT2D eigenvalue weighted by atomic mass is 16.8. The highest BCUT2D eigenvalue weighted by Crippen LogP contribution is 2.81. The fourth-order valence-corrected chi connectivity index (χ4v) is 17.9. The van der Waals surface area contributed by atoms with Crippen LogP contribution in [0.3, 0.4) is 0 Å². The lowest BCUT2D eigenvalue weighted by Gasteiger charge is -2.75. The molecule has 3 unspecified atom stereocenters. The number of hydrogen-bond acceptors (Lipinski definition) is 24. The minimum absolute atomic E-state index is 0.0473. The van der Waals surface area contributed by atoms with Crippen molar-refractivity contribution in [3.63, 3.8) is 0 Å². The zero-order valence-electron chi connectivity index (χ0n) is 45.8. The van der Waals surface area contributed by atoms with Gasteiger partial charge in [-0.3, -0.25) is 4.79 Å². The molecule has 5 saturated carbocycles. The Hall–Kier alpha value is -1.41. The average molecular weight is 1120 g/mol. The number of hydrogen-bond donors (Lipinski definition) is 13. The van der Waals surface area contributed by atoms with Crippen molar-refractivity contribution >= 4 is 5.97 Å². The number of carbonyl (C=O) groups is 1. The first kappa shape index (κ1) is 59.7. The molecule has 0 aromatic rings. The molecule has 5 heterocycles. The molecule has 24 nitrogen and oxygen atoms in total. The summed E-state index contributed by atoms with van der Waals surface area (Å²) in [5.74, 6) is -0.425. The summed E-state index contributed by atoms with van der Waals surface area (Å²) in [7, 11) is 0. The number of carbonyl (C=O) groups excluding carboxylic acids is 1. The number of aliphatic hydroxyl groups is 13. The van der Waals surface area contributed by atoms with Gasteiger partial charge in [0.25, 0.3) is 0 Å². The van der Waals surface area contributed by atoms with E-state index in [9.17, 15) is 71.2 Å². The predicted octanol–water partition coefficient (Wildman–Crippen LogP) is -2.56. The van der Waals surface area contributed by atoms with Crippen LogP contribution in [-0.4, -0.2) is 247 Å². The lowest BCUT2D eigenvalue weighted by Crippen LogP contribution is -2.75. The summed E-state index contributed by atoms with van der Waals surface area (Å²) in [6.07, 6.45) is -26.7. The minimum Gasteiger partial charge on any atom is -0.462 e. The molecule has 5 saturated heterocycles. The Bertz CT molecular complexity index is 2140. The molecule has 10 aliphatic rings. The van der Waals surface area contributed by atoms with E-state index in [1.54, 1.807) is 0 Å². The van der Waals surface area contributed by atoms with E-state index >= 15 is 0 Å². The van der Waals surface area contributed by atoms with Gasteiger partial charge in [-0.1, -0.05) is 41.5 Å². The Labute approximate surface area is 454 Å². The highest BCUT2D eigenvalue weighted by Gasteiger charge is 2.82. The molecule has 0 aromatic heterocycles. The van der Waals surface area contributed by atoms with E-state index in [0.717, 1.165) is 25.7 Å². The van der Waals surface area contributed by atoms with Gasteiger partial charge in [-0.15, -0.1) is 0 Å². The van der Waals surface area contributed by atoms with Crippen molar-refractivity contribution < 1.29 is 119 Å². The molecular weight excluding hydrogens is 1030 g/mol. The van der Waals surface area contributed by atoms with E-state index in [1.165, 1.54) is 6.92 Å². The summed E-state index contributed by atoms with van der Waals surface area (Å²) >= 11 is 0. The molecule has 10 fully saturated rings. The second kappa shape index (κ2) is 21.3. The van der Waals surface area contributed by atoms with Crippen LogP contribution in [0.2, 0.25) is 0 Å². The van der Waals surface area contributed by atoms with Crippen LogP contribution in [0, 0.1) is 50.2 Å². The van der Waals surface area contributed by atoms with Crippen LogP contribution in [0.15, 0.2) is 0 Å². The van der Waals surface area contributed by atoms with Gasteiger partial charge in [0.15, 0.2) is 25.2 Å². The Balaban J connectivity index is 0.915. The van der Waals surface area contributed by atoms with Crippen LogP contribution in [-0.2, 0) is 52.2 Å². The molecule has 13 N–H and O–H groups in total. The summed E-state index contributed by atoms with van der Waals surface area (Å²) in [6, 6.07) is 0. The topological polar surface area (TPSA) is 372 Å². The predicted molar refractivity (Wildman–Crippen MR) is 263 cm³/mol. The van der Waals surface area contributed by atoms with Crippen LogP contribution in [0.1, 0.15) is 106 Å².